The van der Waals surface area contributed by atoms with E-state index in [1.54, 1.807) is 52.4 Å². The topological polar surface area (TPSA) is 141 Å². The highest BCUT2D eigenvalue weighted by atomic mass is 31.2. The van der Waals surface area contributed by atoms with E-state index in [0.29, 0.717) is 23.5 Å². The summed E-state index contributed by atoms with van der Waals surface area (Å²) in [6.45, 7) is 11.1. The minimum Gasteiger partial charge on any atom is -0.382 e. The minimum absolute atomic E-state index is 0.210. The molecule has 176 valence electrons. The van der Waals surface area contributed by atoms with Crippen LogP contribution in [0.5, 0.6) is 0 Å². The first-order valence-corrected chi connectivity index (χ1v) is 13.9. The van der Waals surface area contributed by atoms with E-state index in [1.165, 1.54) is 6.33 Å². The number of aromatic nitrogens is 4. The Kier molecular flexibility index (Phi) is 9.18. The van der Waals surface area contributed by atoms with Gasteiger partial charge in [-0.3, -0.25) is 9.13 Å². The number of rotatable bonds is 13. The molecule has 0 aliphatic heterocycles. The molecule has 11 nitrogen and oxygen atoms in total. The molecule has 0 aliphatic rings. The van der Waals surface area contributed by atoms with Crippen molar-refractivity contribution >= 4 is 31.9 Å². The Morgan fingerprint density at radius 1 is 0.968 bits per heavy atom. The number of nitrogen functional groups attached to an aromatic ring is 1. The van der Waals surface area contributed by atoms with Crippen LogP contribution in [0.2, 0.25) is 0 Å². The second-order valence-corrected chi connectivity index (χ2v) is 12.8. The summed E-state index contributed by atoms with van der Waals surface area (Å²) in [5.41, 5.74) is 6.88. The fourth-order valence-corrected chi connectivity index (χ4v) is 8.72. The van der Waals surface area contributed by atoms with Gasteiger partial charge in [0.25, 0.3) is 0 Å². The zero-order valence-corrected chi connectivity index (χ0v) is 20.7. The second kappa shape index (κ2) is 11.0. The molecule has 2 heterocycles. The largest absolute Gasteiger partial charge is 0.382 e. The van der Waals surface area contributed by atoms with Crippen LogP contribution in [0.15, 0.2) is 12.7 Å². The van der Waals surface area contributed by atoms with Gasteiger partial charge < -0.3 is 28.6 Å². The summed E-state index contributed by atoms with van der Waals surface area (Å²) < 4.78 is 50.9. The second-order valence-electron chi connectivity index (χ2n) is 7.94. The van der Waals surface area contributed by atoms with Gasteiger partial charge in [0.1, 0.15) is 24.1 Å². The first-order chi connectivity index (χ1) is 14.4. The summed E-state index contributed by atoms with van der Waals surface area (Å²) in [5.74, 6) is -0.0580. The van der Waals surface area contributed by atoms with Crippen molar-refractivity contribution in [2.24, 2.45) is 0 Å². The van der Waals surface area contributed by atoms with Crippen LogP contribution < -0.4 is 5.73 Å². The van der Waals surface area contributed by atoms with E-state index < -0.39 is 15.0 Å². The maximum atomic E-state index is 13.5. The molecule has 2 aromatic rings. The van der Waals surface area contributed by atoms with Crippen molar-refractivity contribution in [3.63, 3.8) is 0 Å². The number of hydrogen-bond donors (Lipinski definition) is 1. The molecular formula is C18H33N5O6P2. The third kappa shape index (κ3) is 7.93. The van der Waals surface area contributed by atoms with Gasteiger partial charge in [0, 0.05) is 6.54 Å². The lowest BCUT2D eigenvalue weighted by Crippen LogP contribution is -2.15. The molecule has 2 aromatic heterocycles. The summed E-state index contributed by atoms with van der Waals surface area (Å²) in [7, 11) is -7.14. The van der Waals surface area contributed by atoms with E-state index >= 15 is 0 Å². The van der Waals surface area contributed by atoms with E-state index in [9.17, 15) is 9.13 Å². The molecule has 2 N–H and O–H groups in total. The van der Waals surface area contributed by atoms with Gasteiger partial charge in [-0.1, -0.05) is 0 Å². The van der Waals surface area contributed by atoms with Crippen LogP contribution in [0.3, 0.4) is 0 Å². The molecule has 1 unspecified atom stereocenters. The van der Waals surface area contributed by atoms with Gasteiger partial charge in [0.15, 0.2) is 11.5 Å². The van der Waals surface area contributed by atoms with Gasteiger partial charge in [0.05, 0.1) is 31.2 Å². The molecule has 0 aromatic carbocycles. The van der Waals surface area contributed by atoms with Crippen molar-refractivity contribution in [2.45, 2.75) is 66.4 Å². The smallest absolute Gasteiger partial charge is 0.340 e. The van der Waals surface area contributed by atoms with Crippen LogP contribution in [0.25, 0.3) is 11.2 Å². The van der Waals surface area contributed by atoms with Crippen LogP contribution in [0, 0.1) is 0 Å². The molecule has 0 saturated carbocycles. The fourth-order valence-electron chi connectivity index (χ4n) is 2.92. The normalized spacial score (nSPS) is 14.7. The van der Waals surface area contributed by atoms with E-state index in [4.69, 9.17) is 24.0 Å². The van der Waals surface area contributed by atoms with E-state index in [0.717, 1.165) is 0 Å². The predicted octanol–water partition coefficient (Wildman–Crippen LogP) is 4.09. The van der Waals surface area contributed by atoms with Crippen molar-refractivity contribution in [3.8, 4) is 0 Å². The van der Waals surface area contributed by atoms with Gasteiger partial charge in [-0.05, 0) is 41.5 Å². The number of nitrogens with two attached hydrogens (primary N) is 1. The quantitative estimate of drug-likeness (QED) is 0.331. The van der Waals surface area contributed by atoms with E-state index in [1.807, 2.05) is 0 Å². The molecular weight excluding hydrogens is 444 g/mol. The number of imidazole rings is 1. The number of nitrogens with zero attached hydrogens (tertiary/aromatic N) is 4. The van der Waals surface area contributed by atoms with Crippen molar-refractivity contribution in [1.82, 2.24) is 19.5 Å². The summed E-state index contributed by atoms with van der Waals surface area (Å²) in [6.07, 6.45) is 1.66. The molecule has 13 heteroatoms. The zero-order valence-electron chi connectivity index (χ0n) is 18.9. The zero-order chi connectivity index (χ0) is 23.2. The highest BCUT2D eigenvalue weighted by Crippen LogP contribution is 2.64. The number of hydrogen-bond acceptors (Lipinski definition) is 10. The highest BCUT2D eigenvalue weighted by Gasteiger charge is 2.39. The van der Waals surface area contributed by atoms with Crippen LogP contribution in [-0.4, -0.2) is 56.7 Å². The van der Waals surface area contributed by atoms with Gasteiger partial charge >= 0.3 is 7.60 Å². The van der Waals surface area contributed by atoms with E-state index in [2.05, 4.69) is 15.0 Å². The molecule has 1 atom stereocenters. The Morgan fingerprint density at radius 2 is 1.58 bits per heavy atom. The maximum absolute atomic E-state index is 13.5. The molecule has 0 amide bonds. The summed E-state index contributed by atoms with van der Waals surface area (Å²) >= 11 is 0. The first kappa shape index (κ1) is 25.9. The lowest BCUT2D eigenvalue weighted by molar-refractivity contribution is 0.137. The summed E-state index contributed by atoms with van der Waals surface area (Å²) in [5, 5.41) is 0. The molecule has 2 rings (SSSR count). The lowest BCUT2D eigenvalue weighted by Gasteiger charge is -2.27. The average Bonchev–Trinajstić information content (AvgIpc) is 3.00. The molecule has 0 aliphatic carbocycles. The predicted molar refractivity (Wildman–Crippen MR) is 119 cm³/mol. The lowest BCUT2D eigenvalue weighted by atomic mass is 10.5. The number of anilines is 1. The monoisotopic (exact) mass is 477 g/mol. The summed E-state index contributed by atoms with van der Waals surface area (Å²) in [4.78, 5) is 12.3. The standard InChI is InChI=1S/C18H33N5O6P2/c1-13(2)27-30(24,12-31(25,28-14(3)4)29-15(5)6)11-26-8-7-23-10-22-16-17(19)20-9-21-18(16)23/h9-10,13-15H,7-8,11-12H2,1-6H3,(H2,19,20,21). The van der Waals surface area contributed by atoms with Crippen LogP contribution in [0.4, 0.5) is 5.82 Å². The molecule has 0 spiro atoms. The van der Waals surface area contributed by atoms with Crippen molar-refractivity contribution in [1.29, 1.82) is 0 Å². The molecule has 31 heavy (non-hydrogen) atoms. The van der Waals surface area contributed by atoms with Crippen LogP contribution in [0.1, 0.15) is 41.5 Å². The Hall–Kier alpha value is -1.35. The molecule has 0 fully saturated rings. The SMILES string of the molecule is CC(C)OP(=O)(COCCn1cnc2c(N)ncnc21)CP(=O)(OC(C)C)OC(C)C. The highest BCUT2D eigenvalue weighted by molar-refractivity contribution is 7.73. The summed E-state index contributed by atoms with van der Waals surface area (Å²) in [6, 6.07) is 0. The molecule has 0 radical (unpaired) electrons. The average molecular weight is 477 g/mol. The van der Waals surface area contributed by atoms with Crippen LogP contribution in [-0.2, 0) is 34.0 Å². The molecule has 0 bridgehead atoms. The fraction of sp³-hybridized carbons (Fsp3) is 0.722. The first-order valence-electron chi connectivity index (χ1n) is 10.1. The Morgan fingerprint density at radius 3 is 2.16 bits per heavy atom. The third-order valence-corrected chi connectivity index (χ3v) is 9.71. The van der Waals surface area contributed by atoms with Crippen molar-refractivity contribution < 1.29 is 27.4 Å². The number of ether oxygens (including phenoxy) is 1. The minimum atomic E-state index is -3.66. The van der Waals surface area contributed by atoms with Gasteiger partial charge in [-0.15, -0.1) is 0 Å². The van der Waals surface area contributed by atoms with E-state index in [-0.39, 0.29) is 37.2 Å². The van der Waals surface area contributed by atoms with Crippen LogP contribution >= 0.6 is 15.0 Å². The third-order valence-electron chi connectivity index (χ3n) is 3.73. The maximum Gasteiger partial charge on any atom is 0.340 e. The van der Waals surface area contributed by atoms with Crippen molar-refractivity contribution in [2.75, 3.05) is 24.6 Å². The Labute approximate surface area is 183 Å². The molecule has 0 saturated heterocycles. The van der Waals surface area contributed by atoms with Crippen molar-refractivity contribution in [3.05, 3.63) is 12.7 Å². The Balaban J connectivity index is 2.06. The number of fused-ring (bicyclic) bond motifs is 1. The van der Waals surface area contributed by atoms with Gasteiger partial charge in [-0.25, -0.2) is 15.0 Å². The van der Waals surface area contributed by atoms with Gasteiger partial charge in [0.2, 0.25) is 7.37 Å². The Bertz CT molecular complexity index is 935. The van der Waals surface area contributed by atoms with Gasteiger partial charge in [-0.2, -0.15) is 0 Å².